The Bertz CT molecular complexity index is 334. The monoisotopic (exact) mass is 242 g/mol. The molecule has 4 heteroatoms. The molecular formula is C12H22N2OS. The van der Waals surface area contributed by atoms with E-state index in [1.54, 1.807) is 11.3 Å². The quantitative estimate of drug-likeness (QED) is 0.826. The lowest BCUT2D eigenvalue weighted by Gasteiger charge is -2.18. The van der Waals surface area contributed by atoms with E-state index in [2.05, 4.69) is 36.6 Å². The minimum absolute atomic E-state index is 0.125. The zero-order valence-electron chi connectivity index (χ0n) is 11.0. The molecule has 1 aromatic rings. The number of nitrogens with zero attached hydrogens (tertiary/aromatic N) is 1. The lowest BCUT2D eigenvalue weighted by Crippen LogP contribution is -2.28. The normalized spacial score (nSPS) is 13.1. The van der Waals surface area contributed by atoms with Gasteiger partial charge in [0.2, 0.25) is 0 Å². The molecule has 1 heterocycles. The molecule has 0 aliphatic heterocycles. The molecule has 92 valence electrons. The standard InChI is InChI=1S/C12H22N2OS/c1-11(2,3)9-8-16-10(14-9)7-13-15-12(4,5)6/h8,13H,7H2,1-6H3. The first kappa shape index (κ1) is 13.6. The maximum absolute atomic E-state index is 5.44. The molecule has 0 saturated carbocycles. The Morgan fingerprint density at radius 2 is 1.88 bits per heavy atom. The van der Waals surface area contributed by atoms with Crippen molar-refractivity contribution in [2.45, 2.75) is 59.1 Å². The van der Waals surface area contributed by atoms with E-state index in [9.17, 15) is 0 Å². The number of hydrogen-bond acceptors (Lipinski definition) is 4. The van der Waals surface area contributed by atoms with Gasteiger partial charge in [0, 0.05) is 10.8 Å². The van der Waals surface area contributed by atoms with Gasteiger partial charge in [-0.05, 0) is 20.8 Å². The number of hydrogen-bond donors (Lipinski definition) is 1. The van der Waals surface area contributed by atoms with Crippen LogP contribution in [0.1, 0.15) is 52.2 Å². The maximum atomic E-state index is 5.44. The maximum Gasteiger partial charge on any atom is 0.109 e. The Hall–Kier alpha value is -0.450. The smallest absolute Gasteiger partial charge is 0.109 e. The summed E-state index contributed by atoms with van der Waals surface area (Å²) in [6, 6.07) is 0. The number of thiazole rings is 1. The molecule has 0 bridgehead atoms. The molecule has 1 N–H and O–H groups in total. The van der Waals surface area contributed by atoms with Crippen LogP contribution in [0.5, 0.6) is 0 Å². The van der Waals surface area contributed by atoms with Gasteiger partial charge in [-0.25, -0.2) is 4.98 Å². The highest BCUT2D eigenvalue weighted by Gasteiger charge is 2.17. The SMILES string of the molecule is CC(C)(C)ONCc1nc(C(C)(C)C)cs1. The molecule has 16 heavy (non-hydrogen) atoms. The van der Waals surface area contributed by atoms with Crippen molar-refractivity contribution < 1.29 is 4.84 Å². The van der Waals surface area contributed by atoms with Crippen LogP contribution in [0.25, 0.3) is 0 Å². The van der Waals surface area contributed by atoms with Gasteiger partial charge in [0.05, 0.1) is 17.8 Å². The van der Waals surface area contributed by atoms with Crippen LogP contribution in [0.4, 0.5) is 0 Å². The second-order valence-corrected chi connectivity index (χ2v) is 6.85. The molecule has 0 unspecified atom stereocenters. The van der Waals surface area contributed by atoms with Crippen LogP contribution in [-0.4, -0.2) is 10.6 Å². The van der Waals surface area contributed by atoms with Gasteiger partial charge in [0.25, 0.3) is 0 Å². The Morgan fingerprint density at radius 3 is 2.31 bits per heavy atom. The van der Waals surface area contributed by atoms with Gasteiger partial charge < -0.3 is 0 Å². The summed E-state index contributed by atoms with van der Waals surface area (Å²) in [5.41, 5.74) is 4.06. The third-order valence-corrected chi connectivity index (χ3v) is 2.77. The van der Waals surface area contributed by atoms with Gasteiger partial charge in [-0.15, -0.1) is 11.3 Å². The lowest BCUT2D eigenvalue weighted by molar-refractivity contribution is -0.0757. The van der Waals surface area contributed by atoms with Crippen LogP contribution in [-0.2, 0) is 16.8 Å². The topological polar surface area (TPSA) is 34.1 Å². The molecule has 0 aliphatic carbocycles. The fourth-order valence-electron chi connectivity index (χ4n) is 1.05. The van der Waals surface area contributed by atoms with Crippen molar-refractivity contribution in [2.75, 3.05) is 0 Å². The summed E-state index contributed by atoms with van der Waals surface area (Å²) < 4.78 is 0. The predicted molar refractivity (Wildman–Crippen MR) is 68.5 cm³/mol. The summed E-state index contributed by atoms with van der Waals surface area (Å²) in [4.78, 5) is 10.0. The van der Waals surface area contributed by atoms with E-state index >= 15 is 0 Å². The summed E-state index contributed by atoms with van der Waals surface area (Å²) in [6.07, 6.45) is 0. The Kier molecular flexibility index (Phi) is 4.10. The molecule has 0 aliphatic rings. The van der Waals surface area contributed by atoms with Crippen molar-refractivity contribution in [2.24, 2.45) is 0 Å². The van der Waals surface area contributed by atoms with Crippen LogP contribution in [0.15, 0.2) is 5.38 Å². The van der Waals surface area contributed by atoms with Crippen molar-refractivity contribution in [1.29, 1.82) is 0 Å². The van der Waals surface area contributed by atoms with Crippen molar-refractivity contribution in [3.8, 4) is 0 Å². The number of rotatable bonds is 3. The molecule has 0 saturated heterocycles. The zero-order valence-corrected chi connectivity index (χ0v) is 11.9. The average Bonchev–Trinajstić information content (AvgIpc) is 2.49. The first-order valence-corrected chi connectivity index (χ1v) is 6.42. The fourth-order valence-corrected chi connectivity index (χ4v) is 2.00. The fraction of sp³-hybridized carbons (Fsp3) is 0.750. The zero-order chi connectivity index (χ0) is 12.4. The first-order valence-electron chi connectivity index (χ1n) is 5.54. The molecule has 0 atom stereocenters. The van der Waals surface area contributed by atoms with Crippen LogP contribution in [0, 0.1) is 0 Å². The van der Waals surface area contributed by atoms with E-state index in [-0.39, 0.29) is 11.0 Å². The van der Waals surface area contributed by atoms with Crippen molar-refractivity contribution in [3.63, 3.8) is 0 Å². The average molecular weight is 242 g/mol. The van der Waals surface area contributed by atoms with Crippen LogP contribution in [0.2, 0.25) is 0 Å². The van der Waals surface area contributed by atoms with E-state index in [0.717, 1.165) is 10.7 Å². The summed E-state index contributed by atoms with van der Waals surface area (Å²) >= 11 is 1.67. The van der Waals surface area contributed by atoms with Gasteiger partial charge in [-0.3, -0.25) is 4.84 Å². The van der Waals surface area contributed by atoms with Gasteiger partial charge in [0.1, 0.15) is 5.01 Å². The van der Waals surface area contributed by atoms with Gasteiger partial charge in [-0.2, -0.15) is 5.48 Å². The predicted octanol–water partition coefficient (Wildman–Crippen LogP) is 3.26. The van der Waals surface area contributed by atoms with Gasteiger partial charge in [0.15, 0.2) is 0 Å². The number of aromatic nitrogens is 1. The molecular weight excluding hydrogens is 220 g/mol. The molecule has 0 amide bonds. The van der Waals surface area contributed by atoms with Crippen LogP contribution < -0.4 is 5.48 Å². The molecule has 0 radical (unpaired) electrons. The van der Waals surface area contributed by atoms with Crippen LogP contribution >= 0.6 is 11.3 Å². The van der Waals surface area contributed by atoms with E-state index in [4.69, 9.17) is 4.84 Å². The Morgan fingerprint density at radius 1 is 1.25 bits per heavy atom. The minimum atomic E-state index is -0.163. The number of hydroxylamine groups is 1. The third-order valence-electron chi connectivity index (χ3n) is 1.92. The Balaban J connectivity index is 2.48. The van der Waals surface area contributed by atoms with E-state index in [1.165, 1.54) is 0 Å². The van der Waals surface area contributed by atoms with Crippen molar-refractivity contribution in [3.05, 3.63) is 16.1 Å². The minimum Gasteiger partial charge on any atom is -0.296 e. The van der Waals surface area contributed by atoms with Crippen molar-refractivity contribution >= 4 is 11.3 Å². The number of nitrogens with one attached hydrogen (secondary N) is 1. The molecule has 0 aromatic carbocycles. The highest BCUT2D eigenvalue weighted by Crippen LogP contribution is 2.23. The molecule has 0 spiro atoms. The Labute approximate surface area is 102 Å². The second-order valence-electron chi connectivity index (χ2n) is 5.91. The highest BCUT2D eigenvalue weighted by molar-refractivity contribution is 7.09. The lowest BCUT2D eigenvalue weighted by atomic mass is 9.93. The summed E-state index contributed by atoms with van der Waals surface area (Å²) in [6.45, 7) is 13.2. The summed E-state index contributed by atoms with van der Waals surface area (Å²) in [5.74, 6) is 0. The molecule has 0 fully saturated rings. The van der Waals surface area contributed by atoms with E-state index in [1.807, 2.05) is 20.8 Å². The second kappa shape index (κ2) is 4.82. The molecule has 1 rings (SSSR count). The van der Waals surface area contributed by atoms with E-state index in [0.29, 0.717) is 6.54 Å². The van der Waals surface area contributed by atoms with E-state index < -0.39 is 0 Å². The third kappa shape index (κ3) is 4.60. The summed E-state index contributed by atoms with van der Waals surface area (Å²) in [5, 5.41) is 3.18. The molecule has 1 aromatic heterocycles. The largest absolute Gasteiger partial charge is 0.296 e. The summed E-state index contributed by atoms with van der Waals surface area (Å²) in [7, 11) is 0. The van der Waals surface area contributed by atoms with Gasteiger partial charge in [-0.1, -0.05) is 20.8 Å². The molecule has 3 nitrogen and oxygen atoms in total. The van der Waals surface area contributed by atoms with Crippen molar-refractivity contribution in [1.82, 2.24) is 10.5 Å². The van der Waals surface area contributed by atoms with Gasteiger partial charge >= 0.3 is 0 Å². The highest BCUT2D eigenvalue weighted by atomic mass is 32.1. The first-order chi connectivity index (χ1) is 7.18. The van der Waals surface area contributed by atoms with Crippen LogP contribution in [0.3, 0.4) is 0 Å².